The van der Waals surface area contributed by atoms with Crippen molar-refractivity contribution in [2.24, 2.45) is 0 Å². The van der Waals surface area contributed by atoms with Crippen molar-refractivity contribution in [1.29, 1.82) is 0 Å². The monoisotopic (exact) mass is 565 g/mol. The van der Waals surface area contributed by atoms with E-state index in [9.17, 15) is 14.0 Å². The van der Waals surface area contributed by atoms with Crippen LogP contribution in [-0.2, 0) is 6.54 Å². The zero-order valence-electron chi connectivity index (χ0n) is 23.9. The van der Waals surface area contributed by atoms with Crippen molar-refractivity contribution in [2.45, 2.75) is 69.7 Å². The molecule has 7 nitrogen and oxygen atoms in total. The van der Waals surface area contributed by atoms with Gasteiger partial charge in [-0.1, -0.05) is 12.5 Å². The molecule has 5 heterocycles. The zero-order valence-corrected chi connectivity index (χ0v) is 23.9. The first kappa shape index (κ1) is 25.9. The fourth-order valence-corrected chi connectivity index (χ4v) is 6.67. The molecular formula is C34H36FN5O2. The second-order valence-corrected chi connectivity index (χ2v) is 12.7. The van der Waals surface area contributed by atoms with E-state index in [0.29, 0.717) is 47.4 Å². The van der Waals surface area contributed by atoms with Crippen molar-refractivity contribution < 1.29 is 9.18 Å². The van der Waals surface area contributed by atoms with Crippen LogP contribution in [0.4, 0.5) is 4.39 Å². The quantitative estimate of drug-likeness (QED) is 0.294. The molecule has 8 heteroatoms. The molecule has 1 amide bonds. The van der Waals surface area contributed by atoms with Gasteiger partial charge in [0, 0.05) is 48.5 Å². The summed E-state index contributed by atoms with van der Waals surface area (Å²) in [7, 11) is 0. The SMILES string of the molecule is O=C(c1cc(F)ccc1-c1cc(C2CC2)nc(-n2cc(C3CC3)c3cc(CN4CCCCC4)[nH]c3c2=O)c1)N1CCC1. The Hall–Kier alpha value is -3.78. The number of hydrogen-bond acceptors (Lipinski definition) is 4. The number of aromatic amines is 1. The smallest absolute Gasteiger partial charge is 0.280 e. The first-order valence-corrected chi connectivity index (χ1v) is 15.6. The number of carbonyl (C=O) groups is 1. The highest BCUT2D eigenvalue weighted by atomic mass is 19.1. The predicted octanol–water partition coefficient (Wildman–Crippen LogP) is 6.11. The first-order chi connectivity index (χ1) is 20.5. The Bertz CT molecular complexity index is 1760. The number of carbonyl (C=O) groups excluding carboxylic acids is 1. The molecule has 0 unspecified atom stereocenters. The van der Waals surface area contributed by atoms with Crippen LogP contribution >= 0.6 is 0 Å². The lowest BCUT2D eigenvalue weighted by Crippen LogP contribution is -2.42. The summed E-state index contributed by atoms with van der Waals surface area (Å²) in [6.45, 7) is 4.41. The lowest BCUT2D eigenvalue weighted by Gasteiger charge is -2.31. The summed E-state index contributed by atoms with van der Waals surface area (Å²) in [6, 6.07) is 10.6. The maximum absolute atomic E-state index is 14.4. The van der Waals surface area contributed by atoms with Gasteiger partial charge >= 0.3 is 0 Å². The van der Waals surface area contributed by atoms with Crippen molar-refractivity contribution in [3.05, 3.63) is 81.3 Å². The number of benzene rings is 1. The lowest BCUT2D eigenvalue weighted by molar-refractivity contribution is 0.0652. The summed E-state index contributed by atoms with van der Waals surface area (Å²) in [4.78, 5) is 40.1. The molecule has 0 atom stereocenters. The van der Waals surface area contributed by atoms with E-state index >= 15 is 0 Å². The van der Waals surface area contributed by atoms with E-state index in [1.807, 2.05) is 18.3 Å². The van der Waals surface area contributed by atoms with Crippen molar-refractivity contribution in [2.75, 3.05) is 26.2 Å². The van der Waals surface area contributed by atoms with E-state index < -0.39 is 5.82 Å². The van der Waals surface area contributed by atoms with Gasteiger partial charge < -0.3 is 9.88 Å². The number of H-pyrrole nitrogens is 1. The fraction of sp³-hybridized carbons (Fsp3) is 0.441. The summed E-state index contributed by atoms with van der Waals surface area (Å²) in [5.74, 6) is 0.762. The maximum Gasteiger partial charge on any atom is 0.280 e. The molecule has 2 saturated carbocycles. The number of rotatable bonds is 7. The summed E-state index contributed by atoms with van der Waals surface area (Å²) in [5.41, 5.74) is 5.57. The Morgan fingerprint density at radius 2 is 1.71 bits per heavy atom. The van der Waals surface area contributed by atoms with Gasteiger partial charge in [-0.15, -0.1) is 0 Å². The molecule has 216 valence electrons. The Morgan fingerprint density at radius 1 is 0.929 bits per heavy atom. The molecule has 1 aromatic carbocycles. The number of piperidine rings is 1. The van der Waals surface area contributed by atoms with Crippen LogP contribution in [0.5, 0.6) is 0 Å². The molecule has 1 N–H and O–H groups in total. The number of nitrogens with zero attached hydrogens (tertiary/aromatic N) is 4. The van der Waals surface area contributed by atoms with Crippen LogP contribution in [-0.4, -0.2) is 56.4 Å². The molecular weight excluding hydrogens is 529 g/mol. The van der Waals surface area contributed by atoms with Gasteiger partial charge in [-0.05, 0) is 111 Å². The average Bonchev–Trinajstić information content (AvgIpc) is 3.90. The maximum atomic E-state index is 14.4. The number of pyridine rings is 2. The third-order valence-corrected chi connectivity index (χ3v) is 9.49. The molecule has 2 aliphatic carbocycles. The van der Waals surface area contributed by atoms with Crippen LogP contribution in [0.2, 0.25) is 0 Å². The summed E-state index contributed by atoms with van der Waals surface area (Å²) in [5, 5.41) is 1.03. The molecule has 8 rings (SSSR count). The molecule has 0 radical (unpaired) electrons. The van der Waals surface area contributed by atoms with Crippen LogP contribution in [0.15, 0.2) is 47.4 Å². The van der Waals surface area contributed by atoms with E-state index in [1.54, 1.807) is 15.5 Å². The second-order valence-electron chi connectivity index (χ2n) is 12.7. The number of fused-ring (bicyclic) bond motifs is 1. The Balaban J connectivity index is 1.25. The van der Waals surface area contributed by atoms with Crippen molar-refractivity contribution in [3.63, 3.8) is 0 Å². The number of likely N-dealkylation sites (tertiary alicyclic amines) is 2. The Labute approximate surface area is 244 Å². The molecule has 0 bridgehead atoms. The standard InChI is InChI=1S/C34H36FN5O2/c35-24-9-10-26(28(17-24)33(41)39-13-4-14-39)23-15-30(22-7-8-22)37-31(16-23)40-20-29(21-5-6-21)27-18-25(36-32(27)34(40)42)19-38-11-2-1-3-12-38/h9-10,15-18,20-22,36H,1-8,11-14,19H2. The van der Waals surface area contributed by atoms with Gasteiger partial charge in [0.15, 0.2) is 0 Å². The van der Waals surface area contributed by atoms with Gasteiger partial charge in [0.1, 0.15) is 17.2 Å². The molecule has 3 aromatic heterocycles. The fourth-order valence-electron chi connectivity index (χ4n) is 6.67. The molecule has 0 spiro atoms. The van der Waals surface area contributed by atoms with Crippen LogP contribution < -0.4 is 5.56 Å². The third-order valence-electron chi connectivity index (χ3n) is 9.49. The lowest BCUT2D eigenvalue weighted by atomic mass is 9.97. The molecule has 4 aliphatic rings. The zero-order chi connectivity index (χ0) is 28.4. The van der Waals surface area contributed by atoms with Gasteiger partial charge in [-0.2, -0.15) is 0 Å². The van der Waals surface area contributed by atoms with Gasteiger partial charge in [-0.25, -0.2) is 9.37 Å². The minimum absolute atomic E-state index is 0.110. The topological polar surface area (TPSA) is 74.2 Å². The van der Waals surface area contributed by atoms with Crippen molar-refractivity contribution in [3.8, 4) is 16.9 Å². The van der Waals surface area contributed by atoms with Crippen LogP contribution in [0, 0.1) is 5.82 Å². The van der Waals surface area contributed by atoms with Gasteiger partial charge in [-0.3, -0.25) is 19.1 Å². The van der Waals surface area contributed by atoms with Gasteiger partial charge in [0.2, 0.25) is 0 Å². The minimum atomic E-state index is -0.429. The number of nitrogens with one attached hydrogen (secondary N) is 1. The summed E-state index contributed by atoms with van der Waals surface area (Å²) >= 11 is 0. The van der Waals surface area contributed by atoms with E-state index in [0.717, 1.165) is 74.1 Å². The minimum Gasteiger partial charge on any atom is -0.353 e. The summed E-state index contributed by atoms with van der Waals surface area (Å²) in [6.07, 6.45) is 11.1. The highest BCUT2D eigenvalue weighted by Crippen LogP contribution is 2.44. The number of aromatic nitrogens is 3. The first-order valence-electron chi connectivity index (χ1n) is 15.6. The number of halogens is 1. The van der Waals surface area contributed by atoms with E-state index in [-0.39, 0.29) is 11.5 Å². The number of amides is 1. The molecule has 4 fully saturated rings. The normalized spacial score (nSPS) is 19.3. The van der Waals surface area contributed by atoms with E-state index in [1.165, 1.54) is 37.0 Å². The highest BCUT2D eigenvalue weighted by molar-refractivity contribution is 6.01. The second kappa shape index (κ2) is 10.2. The van der Waals surface area contributed by atoms with Crippen molar-refractivity contribution in [1.82, 2.24) is 24.3 Å². The Kier molecular flexibility index (Phi) is 6.28. The number of hydrogen-bond donors (Lipinski definition) is 1. The largest absolute Gasteiger partial charge is 0.353 e. The van der Waals surface area contributed by atoms with Gasteiger partial charge in [0.05, 0.1) is 5.56 Å². The summed E-state index contributed by atoms with van der Waals surface area (Å²) < 4.78 is 16.1. The van der Waals surface area contributed by atoms with Crippen LogP contribution in [0.3, 0.4) is 0 Å². The predicted molar refractivity (Wildman–Crippen MR) is 161 cm³/mol. The van der Waals surface area contributed by atoms with E-state index in [4.69, 9.17) is 4.98 Å². The highest BCUT2D eigenvalue weighted by Gasteiger charge is 2.31. The Morgan fingerprint density at radius 3 is 2.43 bits per heavy atom. The van der Waals surface area contributed by atoms with Crippen molar-refractivity contribution >= 4 is 16.8 Å². The van der Waals surface area contributed by atoms with E-state index in [2.05, 4.69) is 16.0 Å². The third kappa shape index (κ3) is 4.75. The molecule has 4 aromatic rings. The average molecular weight is 566 g/mol. The van der Waals surface area contributed by atoms with Crippen LogP contribution in [0.25, 0.3) is 27.8 Å². The van der Waals surface area contributed by atoms with Crippen LogP contribution in [0.1, 0.15) is 90.5 Å². The molecule has 2 aliphatic heterocycles. The molecule has 2 saturated heterocycles. The molecule has 42 heavy (non-hydrogen) atoms. The van der Waals surface area contributed by atoms with Gasteiger partial charge in [0.25, 0.3) is 11.5 Å².